The van der Waals surface area contributed by atoms with Gasteiger partial charge in [-0.15, -0.1) is 0 Å². The van der Waals surface area contributed by atoms with E-state index in [0.717, 1.165) is 25.3 Å². The van der Waals surface area contributed by atoms with Crippen molar-refractivity contribution in [1.82, 2.24) is 5.32 Å². The third-order valence-electron chi connectivity index (χ3n) is 3.87. The van der Waals surface area contributed by atoms with Gasteiger partial charge in [-0.2, -0.15) is 0 Å². The van der Waals surface area contributed by atoms with Gasteiger partial charge in [-0.05, 0) is 44.0 Å². The highest BCUT2D eigenvalue weighted by Crippen LogP contribution is 2.14. The highest BCUT2D eigenvalue weighted by atomic mass is 16.5. The van der Waals surface area contributed by atoms with Crippen LogP contribution in [0.5, 0.6) is 5.75 Å². The summed E-state index contributed by atoms with van der Waals surface area (Å²) in [5, 5.41) is 3.52. The molecule has 2 heteroatoms. The fraction of sp³-hybridized carbons (Fsp3) is 0.684. The highest BCUT2D eigenvalue weighted by molar-refractivity contribution is 5.27. The Labute approximate surface area is 131 Å². The zero-order valence-electron chi connectivity index (χ0n) is 14.2. The lowest BCUT2D eigenvalue weighted by molar-refractivity contribution is 0.217. The van der Waals surface area contributed by atoms with Gasteiger partial charge in [0.2, 0.25) is 0 Å². The summed E-state index contributed by atoms with van der Waals surface area (Å²) in [6.07, 6.45) is 9.48. The SMILES string of the molecule is CCCCCCCCNCc1ccc(OC(C)CC)cc1. The molecule has 2 nitrogen and oxygen atoms in total. The molecular weight excluding hydrogens is 258 g/mol. The van der Waals surface area contributed by atoms with Crippen LogP contribution in [0.4, 0.5) is 0 Å². The summed E-state index contributed by atoms with van der Waals surface area (Å²) in [5.74, 6) is 0.976. The van der Waals surface area contributed by atoms with Crippen LogP contribution in [0.3, 0.4) is 0 Å². The summed E-state index contributed by atoms with van der Waals surface area (Å²) in [6.45, 7) is 8.60. The molecular formula is C19H33NO. The molecule has 1 N–H and O–H groups in total. The minimum atomic E-state index is 0.293. The maximum Gasteiger partial charge on any atom is 0.119 e. The minimum Gasteiger partial charge on any atom is -0.491 e. The Bertz CT molecular complexity index is 347. The van der Waals surface area contributed by atoms with Crippen LogP contribution in [0.2, 0.25) is 0 Å². The van der Waals surface area contributed by atoms with Crippen molar-refractivity contribution in [3.05, 3.63) is 29.8 Å². The molecule has 0 aliphatic rings. The van der Waals surface area contributed by atoms with Gasteiger partial charge in [-0.3, -0.25) is 0 Å². The van der Waals surface area contributed by atoms with E-state index in [9.17, 15) is 0 Å². The maximum absolute atomic E-state index is 5.79. The monoisotopic (exact) mass is 291 g/mol. The second-order valence-corrected chi connectivity index (χ2v) is 5.93. The predicted octanol–water partition coefficient (Wildman–Crippen LogP) is 5.31. The van der Waals surface area contributed by atoms with E-state index in [1.54, 1.807) is 0 Å². The Kier molecular flexibility index (Phi) is 9.98. The Balaban J connectivity index is 2.10. The maximum atomic E-state index is 5.79. The summed E-state index contributed by atoms with van der Waals surface area (Å²) in [7, 11) is 0. The van der Waals surface area contributed by atoms with Gasteiger partial charge in [-0.1, -0.05) is 58.1 Å². The third-order valence-corrected chi connectivity index (χ3v) is 3.87. The smallest absolute Gasteiger partial charge is 0.119 e. The normalized spacial score (nSPS) is 12.3. The van der Waals surface area contributed by atoms with Gasteiger partial charge in [0.05, 0.1) is 6.10 Å². The lowest BCUT2D eigenvalue weighted by atomic mass is 10.1. The molecule has 120 valence electrons. The molecule has 0 aliphatic carbocycles. The fourth-order valence-corrected chi connectivity index (χ4v) is 2.26. The number of benzene rings is 1. The van der Waals surface area contributed by atoms with Crippen molar-refractivity contribution in [2.24, 2.45) is 0 Å². The number of rotatable bonds is 12. The first kappa shape index (κ1) is 18.0. The Morgan fingerprint density at radius 3 is 2.29 bits per heavy atom. The first-order chi connectivity index (χ1) is 10.3. The van der Waals surface area contributed by atoms with E-state index in [4.69, 9.17) is 4.74 Å². The van der Waals surface area contributed by atoms with Crippen LogP contribution in [0.1, 0.15) is 71.3 Å². The van der Waals surface area contributed by atoms with E-state index in [2.05, 4.69) is 50.4 Å². The van der Waals surface area contributed by atoms with E-state index < -0.39 is 0 Å². The molecule has 1 aromatic rings. The van der Waals surface area contributed by atoms with Gasteiger partial charge in [0.1, 0.15) is 5.75 Å². The largest absolute Gasteiger partial charge is 0.491 e. The van der Waals surface area contributed by atoms with Gasteiger partial charge >= 0.3 is 0 Å². The summed E-state index contributed by atoms with van der Waals surface area (Å²) < 4.78 is 5.79. The van der Waals surface area contributed by atoms with E-state index in [1.165, 1.54) is 44.1 Å². The molecule has 0 fully saturated rings. The Morgan fingerprint density at radius 2 is 1.62 bits per heavy atom. The number of ether oxygens (including phenoxy) is 1. The zero-order valence-corrected chi connectivity index (χ0v) is 14.2. The topological polar surface area (TPSA) is 21.3 Å². The predicted molar refractivity (Wildman–Crippen MR) is 91.9 cm³/mol. The number of nitrogens with one attached hydrogen (secondary N) is 1. The van der Waals surface area contributed by atoms with Crippen molar-refractivity contribution in [3.63, 3.8) is 0 Å². The van der Waals surface area contributed by atoms with Crippen LogP contribution in [-0.2, 0) is 6.54 Å². The quantitative estimate of drug-likeness (QED) is 0.527. The van der Waals surface area contributed by atoms with Crippen LogP contribution in [0.15, 0.2) is 24.3 Å². The van der Waals surface area contributed by atoms with Gasteiger partial charge in [-0.25, -0.2) is 0 Å². The average molecular weight is 291 g/mol. The second kappa shape index (κ2) is 11.6. The zero-order chi connectivity index (χ0) is 15.3. The van der Waals surface area contributed by atoms with Gasteiger partial charge < -0.3 is 10.1 Å². The van der Waals surface area contributed by atoms with Crippen molar-refractivity contribution < 1.29 is 4.74 Å². The summed E-state index contributed by atoms with van der Waals surface area (Å²) in [6, 6.07) is 8.47. The molecule has 0 spiro atoms. The number of hydrogen-bond donors (Lipinski definition) is 1. The standard InChI is InChI=1S/C19H33NO/c1-4-6-7-8-9-10-15-20-16-18-11-13-19(14-12-18)21-17(3)5-2/h11-14,17,20H,4-10,15-16H2,1-3H3. The van der Waals surface area contributed by atoms with Crippen molar-refractivity contribution in [1.29, 1.82) is 0 Å². The van der Waals surface area contributed by atoms with E-state index in [0.29, 0.717) is 6.10 Å². The van der Waals surface area contributed by atoms with Crippen molar-refractivity contribution >= 4 is 0 Å². The van der Waals surface area contributed by atoms with Gasteiger partial charge in [0.15, 0.2) is 0 Å². The van der Waals surface area contributed by atoms with Crippen molar-refractivity contribution in [2.75, 3.05) is 6.54 Å². The van der Waals surface area contributed by atoms with Crippen LogP contribution in [-0.4, -0.2) is 12.6 Å². The van der Waals surface area contributed by atoms with E-state index in [-0.39, 0.29) is 0 Å². The van der Waals surface area contributed by atoms with Gasteiger partial charge in [0.25, 0.3) is 0 Å². The first-order valence-corrected chi connectivity index (χ1v) is 8.72. The highest BCUT2D eigenvalue weighted by Gasteiger charge is 2.00. The van der Waals surface area contributed by atoms with E-state index >= 15 is 0 Å². The second-order valence-electron chi connectivity index (χ2n) is 5.93. The van der Waals surface area contributed by atoms with Crippen molar-refractivity contribution in [3.8, 4) is 5.75 Å². The molecule has 0 saturated heterocycles. The molecule has 0 heterocycles. The molecule has 1 aromatic carbocycles. The van der Waals surface area contributed by atoms with Crippen molar-refractivity contribution in [2.45, 2.75) is 78.4 Å². The first-order valence-electron chi connectivity index (χ1n) is 8.72. The molecule has 0 radical (unpaired) electrons. The van der Waals surface area contributed by atoms with Gasteiger partial charge in [0, 0.05) is 6.54 Å². The molecule has 0 aliphatic heterocycles. The van der Waals surface area contributed by atoms with Crippen LogP contribution in [0, 0.1) is 0 Å². The minimum absolute atomic E-state index is 0.293. The molecule has 0 bridgehead atoms. The molecule has 21 heavy (non-hydrogen) atoms. The average Bonchev–Trinajstić information content (AvgIpc) is 2.51. The Hall–Kier alpha value is -1.02. The van der Waals surface area contributed by atoms with Crippen LogP contribution < -0.4 is 10.1 Å². The number of unbranched alkanes of at least 4 members (excludes halogenated alkanes) is 5. The van der Waals surface area contributed by atoms with Crippen LogP contribution in [0.25, 0.3) is 0 Å². The molecule has 1 atom stereocenters. The van der Waals surface area contributed by atoms with Crippen LogP contribution >= 0.6 is 0 Å². The van der Waals surface area contributed by atoms with E-state index in [1.807, 2.05) is 0 Å². The molecule has 1 rings (SSSR count). The summed E-state index contributed by atoms with van der Waals surface area (Å²) in [5.41, 5.74) is 1.33. The lowest BCUT2D eigenvalue weighted by Gasteiger charge is -2.13. The Morgan fingerprint density at radius 1 is 0.952 bits per heavy atom. The lowest BCUT2D eigenvalue weighted by Crippen LogP contribution is -2.14. The number of hydrogen-bond acceptors (Lipinski definition) is 2. The third kappa shape index (κ3) is 8.77. The summed E-state index contributed by atoms with van der Waals surface area (Å²) in [4.78, 5) is 0. The molecule has 0 saturated carbocycles. The molecule has 1 unspecified atom stereocenters. The fourth-order valence-electron chi connectivity index (χ4n) is 2.26. The molecule has 0 amide bonds. The summed E-state index contributed by atoms with van der Waals surface area (Å²) >= 11 is 0. The molecule has 0 aromatic heterocycles.